The van der Waals surface area contributed by atoms with E-state index in [1.807, 2.05) is 43.4 Å². The Hall–Kier alpha value is -2.75. The van der Waals surface area contributed by atoms with E-state index in [-0.39, 0.29) is 5.97 Å². The van der Waals surface area contributed by atoms with Crippen LogP contribution in [0.15, 0.2) is 48.5 Å². The highest BCUT2D eigenvalue weighted by Crippen LogP contribution is 2.30. The molecule has 0 saturated heterocycles. The van der Waals surface area contributed by atoms with Crippen LogP contribution in [0.3, 0.4) is 0 Å². The van der Waals surface area contributed by atoms with Crippen LogP contribution >= 0.6 is 0 Å². The van der Waals surface area contributed by atoms with E-state index < -0.39 is 0 Å². The maximum atomic E-state index is 11.7. The van der Waals surface area contributed by atoms with Crippen LogP contribution in [0.2, 0.25) is 0 Å². The van der Waals surface area contributed by atoms with Gasteiger partial charge in [-0.25, -0.2) is 4.79 Å². The lowest BCUT2D eigenvalue weighted by atomic mass is 10.1. The van der Waals surface area contributed by atoms with E-state index in [0.29, 0.717) is 5.56 Å². The molecule has 22 heavy (non-hydrogen) atoms. The van der Waals surface area contributed by atoms with Gasteiger partial charge in [-0.2, -0.15) is 0 Å². The van der Waals surface area contributed by atoms with E-state index in [1.54, 1.807) is 13.2 Å². The van der Waals surface area contributed by atoms with Crippen LogP contribution in [0.5, 0.6) is 5.75 Å². The second-order valence-corrected chi connectivity index (χ2v) is 5.09. The van der Waals surface area contributed by atoms with Gasteiger partial charge >= 0.3 is 5.97 Å². The first kappa shape index (κ1) is 14.2. The number of hydrogen-bond donors (Lipinski definition) is 0. The Kier molecular flexibility index (Phi) is 3.59. The number of rotatable bonds is 3. The van der Waals surface area contributed by atoms with Crippen molar-refractivity contribution in [2.75, 3.05) is 14.2 Å². The molecule has 0 radical (unpaired) electrons. The molecule has 0 N–H and O–H groups in total. The molecule has 4 heteroatoms. The summed E-state index contributed by atoms with van der Waals surface area (Å²) in [6.07, 6.45) is 0. The molecular formula is C18H17NO3. The van der Waals surface area contributed by atoms with Gasteiger partial charge in [0.1, 0.15) is 5.75 Å². The van der Waals surface area contributed by atoms with Crippen LogP contribution in [-0.4, -0.2) is 24.8 Å². The number of fused-ring (bicyclic) bond motifs is 1. The number of esters is 1. The highest BCUT2D eigenvalue weighted by molar-refractivity contribution is 5.96. The third-order valence-electron chi connectivity index (χ3n) is 3.83. The van der Waals surface area contributed by atoms with Crippen molar-refractivity contribution in [3.05, 3.63) is 54.1 Å². The Morgan fingerprint density at radius 3 is 2.59 bits per heavy atom. The molecule has 4 nitrogen and oxygen atoms in total. The minimum atomic E-state index is -0.325. The topological polar surface area (TPSA) is 40.5 Å². The zero-order valence-electron chi connectivity index (χ0n) is 12.8. The van der Waals surface area contributed by atoms with E-state index in [0.717, 1.165) is 27.9 Å². The summed E-state index contributed by atoms with van der Waals surface area (Å²) < 4.78 is 12.2. The lowest BCUT2D eigenvalue weighted by molar-refractivity contribution is 0.0601. The summed E-state index contributed by atoms with van der Waals surface area (Å²) in [5, 5.41) is 1.00. The minimum absolute atomic E-state index is 0.325. The molecule has 0 saturated carbocycles. The van der Waals surface area contributed by atoms with E-state index >= 15 is 0 Å². The number of ether oxygens (including phenoxy) is 2. The molecule has 0 bridgehead atoms. The van der Waals surface area contributed by atoms with Crippen LogP contribution < -0.4 is 4.74 Å². The largest absolute Gasteiger partial charge is 0.497 e. The van der Waals surface area contributed by atoms with Crippen molar-refractivity contribution in [3.8, 4) is 17.0 Å². The van der Waals surface area contributed by atoms with Gasteiger partial charge in [-0.05, 0) is 36.4 Å². The van der Waals surface area contributed by atoms with Crippen molar-refractivity contribution < 1.29 is 14.3 Å². The van der Waals surface area contributed by atoms with Crippen LogP contribution in [-0.2, 0) is 11.8 Å². The van der Waals surface area contributed by atoms with Gasteiger partial charge in [-0.3, -0.25) is 0 Å². The van der Waals surface area contributed by atoms with Gasteiger partial charge in [0.15, 0.2) is 0 Å². The molecule has 0 amide bonds. The van der Waals surface area contributed by atoms with Crippen LogP contribution in [0.4, 0.5) is 0 Å². The standard InChI is InChI=1S/C18H17NO3/c1-19-16-8-7-13(18(20)22-3)9-14(16)11-17(19)12-5-4-6-15(10-12)21-2/h4-11H,1-3H3. The molecule has 0 atom stereocenters. The van der Waals surface area contributed by atoms with Gasteiger partial charge in [0.2, 0.25) is 0 Å². The fourth-order valence-electron chi connectivity index (χ4n) is 2.65. The second-order valence-electron chi connectivity index (χ2n) is 5.09. The molecule has 0 aliphatic heterocycles. The number of aryl methyl sites for hydroxylation is 1. The van der Waals surface area contributed by atoms with Crippen molar-refractivity contribution in [3.63, 3.8) is 0 Å². The third-order valence-corrected chi connectivity index (χ3v) is 3.83. The van der Waals surface area contributed by atoms with Crippen molar-refractivity contribution in [2.45, 2.75) is 0 Å². The van der Waals surface area contributed by atoms with E-state index in [2.05, 4.69) is 10.6 Å². The van der Waals surface area contributed by atoms with Crippen LogP contribution in [0, 0.1) is 0 Å². The van der Waals surface area contributed by atoms with Crippen molar-refractivity contribution in [1.29, 1.82) is 0 Å². The number of carbonyl (C=O) groups excluding carboxylic acids is 1. The Morgan fingerprint density at radius 2 is 1.86 bits per heavy atom. The minimum Gasteiger partial charge on any atom is -0.497 e. The van der Waals surface area contributed by atoms with Gasteiger partial charge < -0.3 is 14.0 Å². The number of methoxy groups -OCH3 is 2. The first-order valence-electron chi connectivity index (χ1n) is 6.96. The molecule has 1 aromatic heterocycles. The number of carbonyl (C=O) groups is 1. The highest BCUT2D eigenvalue weighted by atomic mass is 16.5. The molecule has 0 unspecified atom stereocenters. The zero-order chi connectivity index (χ0) is 15.7. The quantitative estimate of drug-likeness (QED) is 0.693. The second kappa shape index (κ2) is 5.56. The third kappa shape index (κ3) is 2.33. The monoisotopic (exact) mass is 295 g/mol. The fraction of sp³-hybridized carbons (Fsp3) is 0.167. The molecule has 0 spiro atoms. The van der Waals surface area contributed by atoms with Crippen molar-refractivity contribution in [2.24, 2.45) is 7.05 Å². The zero-order valence-corrected chi connectivity index (χ0v) is 12.8. The normalized spacial score (nSPS) is 10.7. The first-order chi connectivity index (χ1) is 10.6. The maximum Gasteiger partial charge on any atom is 0.337 e. The SMILES string of the molecule is COC(=O)c1ccc2c(c1)cc(-c1cccc(OC)c1)n2C. The molecule has 0 aliphatic carbocycles. The van der Waals surface area contributed by atoms with Gasteiger partial charge in [0, 0.05) is 29.2 Å². The number of benzene rings is 2. The maximum absolute atomic E-state index is 11.7. The molecule has 0 aliphatic rings. The average molecular weight is 295 g/mol. The molecule has 3 rings (SSSR count). The van der Waals surface area contributed by atoms with Crippen LogP contribution in [0.1, 0.15) is 10.4 Å². The summed E-state index contributed by atoms with van der Waals surface area (Å²) in [7, 11) is 5.05. The number of aromatic nitrogens is 1. The predicted molar refractivity (Wildman–Crippen MR) is 86.2 cm³/mol. The van der Waals surface area contributed by atoms with E-state index in [9.17, 15) is 4.79 Å². The Morgan fingerprint density at radius 1 is 1.05 bits per heavy atom. The van der Waals surface area contributed by atoms with E-state index in [1.165, 1.54) is 7.11 Å². The lowest BCUT2D eigenvalue weighted by Gasteiger charge is -2.06. The number of nitrogens with zero attached hydrogens (tertiary/aromatic N) is 1. The smallest absolute Gasteiger partial charge is 0.337 e. The van der Waals surface area contributed by atoms with Gasteiger partial charge in [-0.15, -0.1) is 0 Å². The van der Waals surface area contributed by atoms with E-state index in [4.69, 9.17) is 9.47 Å². The summed E-state index contributed by atoms with van der Waals surface area (Å²) in [5.41, 5.74) is 3.75. The molecular weight excluding hydrogens is 278 g/mol. The Balaban J connectivity index is 2.14. The fourth-order valence-corrected chi connectivity index (χ4v) is 2.65. The number of hydrogen-bond acceptors (Lipinski definition) is 3. The predicted octanol–water partition coefficient (Wildman–Crippen LogP) is 3.64. The summed E-state index contributed by atoms with van der Waals surface area (Å²) >= 11 is 0. The first-order valence-corrected chi connectivity index (χ1v) is 6.96. The van der Waals surface area contributed by atoms with Gasteiger partial charge in [0.25, 0.3) is 0 Å². The molecule has 112 valence electrons. The van der Waals surface area contributed by atoms with Gasteiger partial charge in [-0.1, -0.05) is 12.1 Å². The summed E-state index contributed by atoms with van der Waals surface area (Å²) in [6, 6.07) is 15.6. The lowest BCUT2D eigenvalue weighted by Crippen LogP contribution is -2.00. The van der Waals surface area contributed by atoms with Gasteiger partial charge in [0.05, 0.1) is 19.8 Å². The molecule has 3 aromatic rings. The summed E-state index contributed by atoms with van der Waals surface area (Å²) in [6.45, 7) is 0. The Bertz CT molecular complexity index is 849. The van der Waals surface area contributed by atoms with Crippen molar-refractivity contribution in [1.82, 2.24) is 4.57 Å². The summed E-state index contributed by atoms with van der Waals surface area (Å²) in [5.74, 6) is 0.492. The van der Waals surface area contributed by atoms with Crippen LogP contribution in [0.25, 0.3) is 22.2 Å². The molecule has 2 aromatic carbocycles. The molecule has 1 heterocycles. The molecule has 0 fully saturated rings. The highest BCUT2D eigenvalue weighted by Gasteiger charge is 2.12. The summed E-state index contributed by atoms with van der Waals surface area (Å²) in [4.78, 5) is 11.7. The average Bonchev–Trinajstić information content (AvgIpc) is 2.90. The Labute approximate surface area is 128 Å². The van der Waals surface area contributed by atoms with Crippen molar-refractivity contribution >= 4 is 16.9 Å².